The third kappa shape index (κ3) is 7.41. The number of rotatable bonds is 10. The number of hydrogen-bond donors (Lipinski definition) is 4. The van der Waals surface area contributed by atoms with E-state index in [-0.39, 0.29) is 17.8 Å². The number of nitrogens with one attached hydrogen (secondary N) is 2. The first kappa shape index (κ1) is 30.7. The van der Waals surface area contributed by atoms with Crippen molar-refractivity contribution in [2.45, 2.75) is 64.4 Å². The molecule has 0 aliphatic carbocycles. The molecule has 0 bridgehead atoms. The van der Waals surface area contributed by atoms with Crippen molar-refractivity contribution in [1.82, 2.24) is 14.6 Å². The zero-order valence-electron chi connectivity index (χ0n) is 22.1. The molecule has 15 heteroatoms. The van der Waals surface area contributed by atoms with E-state index in [0.717, 1.165) is 19.2 Å². The van der Waals surface area contributed by atoms with E-state index in [1.165, 1.54) is 19.1 Å². The molecule has 39 heavy (non-hydrogen) atoms. The van der Waals surface area contributed by atoms with Crippen molar-refractivity contribution < 1.29 is 42.5 Å². The first-order valence-electron chi connectivity index (χ1n) is 12.0. The lowest BCUT2D eigenvalue weighted by molar-refractivity contribution is -0.204. The fourth-order valence-electron chi connectivity index (χ4n) is 3.59. The van der Waals surface area contributed by atoms with Gasteiger partial charge >= 0.3 is 19.4 Å². The number of para-hydroxylation sites is 1. The standard InChI is InChI=1S/C24H33FN3O10P/c1-15(18(30)35-13-22(2,3)4)27-39(34,38-16-9-7-6-8-10-16)36-14-24(25)19(31)23(5,33)20(37-24)28-12-11-17(29)26-21(28)32/h6-12,15,19-20,31,33H,13-14H2,1-5H3,(H,27,34)(H,26,29,32). The summed E-state index contributed by atoms with van der Waals surface area (Å²) in [6.45, 7) is 6.69. The Kier molecular flexibility index (Phi) is 8.90. The number of halogens is 1. The number of benzene rings is 1. The average molecular weight is 574 g/mol. The molecule has 1 aromatic carbocycles. The summed E-state index contributed by atoms with van der Waals surface area (Å²) >= 11 is 0. The molecule has 1 aliphatic rings. The van der Waals surface area contributed by atoms with Gasteiger partial charge in [-0.05, 0) is 31.4 Å². The Balaban J connectivity index is 1.83. The van der Waals surface area contributed by atoms with Crippen molar-refractivity contribution >= 4 is 13.7 Å². The van der Waals surface area contributed by atoms with Crippen LogP contribution >= 0.6 is 7.75 Å². The van der Waals surface area contributed by atoms with Gasteiger partial charge in [-0.3, -0.25) is 23.7 Å². The second kappa shape index (κ2) is 11.3. The topological polar surface area (TPSA) is 178 Å². The van der Waals surface area contributed by atoms with Gasteiger partial charge in [0, 0.05) is 12.3 Å². The van der Waals surface area contributed by atoms with Gasteiger partial charge in [-0.25, -0.2) is 13.8 Å². The first-order chi connectivity index (χ1) is 18.0. The van der Waals surface area contributed by atoms with Crippen LogP contribution in [0.3, 0.4) is 0 Å². The van der Waals surface area contributed by atoms with E-state index in [4.69, 9.17) is 18.5 Å². The smallest absolute Gasteiger partial charge is 0.459 e. The van der Waals surface area contributed by atoms with Crippen molar-refractivity contribution in [3.63, 3.8) is 0 Å². The molecule has 1 saturated heterocycles. The van der Waals surface area contributed by atoms with Crippen LogP contribution in [0.25, 0.3) is 0 Å². The highest BCUT2D eigenvalue weighted by Gasteiger charge is 2.63. The Bertz CT molecular complexity index is 1330. The van der Waals surface area contributed by atoms with Crippen molar-refractivity contribution in [1.29, 1.82) is 0 Å². The molecule has 6 unspecified atom stereocenters. The van der Waals surface area contributed by atoms with E-state index in [1.54, 1.807) is 18.2 Å². The normalized spacial score (nSPS) is 27.5. The van der Waals surface area contributed by atoms with E-state index in [0.29, 0.717) is 4.57 Å². The number of esters is 1. The molecule has 3 rings (SSSR count). The molecule has 4 N–H and O–H groups in total. The van der Waals surface area contributed by atoms with Gasteiger partial charge in [0.25, 0.3) is 11.4 Å². The predicted molar refractivity (Wildman–Crippen MR) is 136 cm³/mol. The Morgan fingerprint density at radius 1 is 1.28 bits per heavy atom. The maximum Gasteiger partial charge on any atom is 0.459 e. The first-order valence-corrected chi connectivity index (χ1v) is 13.5. The second-order valence-electron chi connectivity index (χ2n) is 10.6. The van der Waals surface area contributed by atoms with E-state index in [2.05, 4.69) is 5.09 Å². The highest BCUT2D eigenvalue weighted by Crippen LogP contribution is 2.50. The van der Waals surface area contributed by atoms with E-state index in [1.807, 2.05) is 25.8 Å². The Labute approximate surface area is 223 Å². The molecule has 0 saturated carbocycles. The van der Waals surface area contributed by atoms with Gasteiger partial charge in [0.15, 0.2) is 6.23 Å². The van der Waals surface area contributed by atoms with Crippen LogP contribution in [0, 0.1) is 5.41 Å². The minimum absolute atomic E-state index is 0.0501. The zero-order valence-corrected chi connectivity index (χ0v) is 23.0. The molecule has 0 spiro atoms. The summed E-state index contributed by atoms with van der Waals surface area (Å²) in [5.74, 6) is -3.94. The maximum atomic E-state index is 15.9. The molecule has 1 aromatic heterocycles. The summed E-state index contributed by atoms with van der Waals surface area (Å²) < 4.78 is 51.5. The predicted octanol–water partition coefficient (Wildman–Crippen LogP) is 1.61. The number of aliphatic hydroxyl groups is 2. The van der Waals surface area contributed by atoms with Crippen LogP contribution in [0.15, 0.2) is 52.2 Å². The molecule has 6 atom stereocenters. The van der Waals surface area contributed by atoms with Crippen LogP contribution in [-0.4, -0.2) is 62.5 Å². The minimum Gasteiger partial charge on any atom is -0.464 e. The number of aromatic nitrogens is 2. The molecule has 2 aromatic rings. The Hall–Kier alpha value is -2.87. The average Bonchev–Trinajstić information content (AvgIpc) is 3.02. The maximum absolute atomic E-state index is 15.9. The highest BCUT2D eigenvalue weighted by atomic mass is 31.2. The zero-order chi connectivity index (χ0) is 29.2. The lowest BCUT2D eigenvalue weighted by atomic mass is 9.95. The number of nitrogens with zero attached hydrogens (tertiary/aromatic N) is 1. The fourth-order valence-corrected chi connectivity index (χ4v) is 5.09. The summed E-state index contributed by atoms with van der Waals surface area (Å²) in [5.41, 5.74) is -4.52. The van der Waals surface area contributed by atoms with Crippen molar-refractivity contribution in [2.75, 3.05) is 13.2 Å². The Morgan fingerprint density at radius 3 is 2.51 bits per heavy atom. The van der Waals surface area contributed by atoms with Crippen LogP contribution in [-0.2, 0) is 23.4 Å². The SMILES string of the molecule is CC(NP(=O)(OCC1(F)OC(n2ccc(=O)[nH]c2=O)C(C)(O)C1O)Oc1ccccc1)C(=O)OCC(C)(C)C. The van der Waals surface area contributed by atoms with E-state index >= 15 is 4.39 Å². The summed E-state index contributed by atoms with van der Waals surface area (Å²) in [6.07, 6.45) is -3.16. The Morgan fingerprint density at radius 2 is 1.92 bits per heavy atom. The van der Waals surface area contributed by atoms with Crippen molar-refractivity contribution in [3.05, 3.63) is 63.4 Å². The number of H-pyrrole nitrogens is 1. The molecule has 0 amide bonds. The van der Waals surface area contributed by atoms with Crippen LogP contribution in [0.4, 0.5) is 4.39 Å². The second-order valence-corrected chi connectivity index (χ2v) is 12.3. The van der Waals surface area contributed by atoms with Crippen LogP contribution in [0.1, 0.15) is 40.8 Å². The van der Waals surface area contributed by atoms with Crippen LogP contribution in [0.2, 0.25) is 0 Å². The molecule has 1 fully saturated rings. The quantitative estimate of drug-likeness (QED) is 0.240. The summed E-state index contributed by atoms with van der Waals surface area (Å²) in [4.78, 5) is 38.0. The molecule has 2 heterocycles. The van der Waals surface area contributed by atoms with Crippen molar-refractivity contribution in [3.8, 4) is 5.75 Å². The van der Waals surface area contributed by atoms with Gasteiger partial charge in [-0.15, -0.1) is 0 Å². The molecule has 13 nitrogen and oxygen atoms in total. The molecule has 0 radical (unpaired) electrons. The van der Waals surface area contributed by atoms with Gasteiger partial charge in [-0.1, -0.05) is 39.0 Å². The number of aromatic amines is 1. The van der Waals surface area contributed by atoms with Gasteiger partial charge < -0.3 is 24.2 Å². The summed E-state index contributed by atoms with van der Waals surface area (Å²) in [7, 11) is -4.57. The van der Waals surface area contributed by atoms with E-state index in [9.17, 15) is 29.2 Å². The number of aliphatic hydroxyl groups excluding tert-OH is 1. The number of carbonyl (C=O) groups is 1. The lowest BCUT2D eigenvalue weighted by Crippen LogP contribution is -2.50. The number of carbonyl (C=O) groups excluding carboxylic acids is 1. The molecular weight excluding hydrogens is 540 g/mol. The summed E-state index contributed by atoms with van der Waals surface area (Å²) in [5, 5.41) is 23.8. The van der Waals surface area contributed by atoms with Gasteiger partial charge in [0.2, 0.25) is 0 Å². The van der Waals surface area contributed by atoms with Gasteiger partial charge in [-0.2, -0.15) is 5.09 Å². The van der Waals surface area contributed by atoms with Gasteiger partial charge in [0.1, 0.15) is 30.1 Å². The number of alkyl halides is 1. The fraction of sp³-hybridized carbons (Fsp3) is 0.542. The monoisotopic (exact) mass is 573 g/mol. The molecular formula is C24H33FN3O10P. The van der Waals surface area contributed by atoms with Crippen LogP contribution in [0.5, 0.6) is 5.75 Å². The highest BCUT2D eigenvalue weighted by molar-refractivity contribution is 7.52. The van der Waals surface area contributed by atoms with E-state index < -0.39 is 61.4 Å². The largest absolute Gasteiger partial charge is 0.464 e. The minimum atomic E-state index is -4.57. The number of ether oxygens (including phenoxy) is 2. The lowest BCUT2D eigenvalue weighted by Gasteiger charge is -2.29. The van der Waals surface area contributed by atoms with Crippen LogP contribution < -0.4 is 20.9 Å². The third-order valence-electron chi connectivity index (χ3n) is 5.63. The summed E-state index contributed by atoms with van der Waals surface area (Å²) in [6, 6.07) is 7.40. The number of hydrogen-bond acceptors (Lipinski definition) is 10. The van der Waals surface area contributed by atoms with Crippen molar-refractivity contribution in [2.24, 2.45) is 5.41 Å². The van der Waals surface area contributed by atoms with Gasteiger partial charge in [0.05, 0.1) is 6.61 Å². The molecule has 216 valence electrons. The molecule has 1 aliphatic heterocycles. The third-order valence-corrected chi connectivity index (χ3v) is 7.25.